The molecule has 1 fully saturated rings. The van der Waals surface area contributed by atoms with E-state index in [1.807, 2.05) is 6.07 Å². The fourth-order valence-electron chi connectivity index (χ4n) is 7.24. The maximum Gasteiger partial charge on any atom is 0.264 e. The number of carbonyl (C=O) groups is 6. The van der Waals surface area contributed by atoms with Gasteiger partial charge < -0.3 is 20.3 Å². The summed E-state index contributed by atoms with van der Waals surface area (Å²) in [5.74, 6) is -2.45. The normalized spacial score (nSPS) is 16.3. The van der Waals surface area contributed by atoms with Gasteiger partial charge in [0.2, 0.25) is 28.6 Å². The summed E-state index contributed by atoms with van der Waals surface area (Å²) in [4.78, 5) is 79.1. The van der Waals surface area contributed by atoms with Crippen molar-refractivity contribution in [1.29, 1.82) is 0 Å². The Morgan fingerprint density at radius 2 is 1.72 bits per heavy atom. The number of para-hydroxylation sites is 2. The third-order valence-electron chi connectivity index (χ3n) is 9.83. The van der Waals surface area contributed by atoms with Gasteiger partial charge in [-0.15, -0.1) is 0 Å². The zero-order valence-electron chi connectivity index (χ0n) is 29.3. The number of fused-ring (bicyclic) bond motifs is 1. The molecule has 3 aliphatic heterocycles. The monoisotopic (exact) mass is 752 g/mol. The molecule has 7 rings (SSSR count). The van der Waals surface area contributed by atoms with E-state index in [-0.39, 0.29) is 48.6 Å². The van der Waals surface area contributed by atoms with Crippen LogP contribution in [0.2, 0.25) is 0 Å². The van der Waals surface area contributed by atoms with Crippen molar-refractivity contribution in [3.05, 3.63) is 89.0 Å². The first-order valence-corrected chi connectivity index (χ1v) is 18.4. The van der Waals surface area contributed by atoms with Gasteiger partial charge in [0.15, 0.2) is 0 Å². The Morgan fingerprint density at radius 1 is 0.926 bits per heavy atom. The maximum absolute atomic E-state index is 13.3. The van der Waals surface area contributed by atoms with Crippen molar-refractivity contribution in [2.24, 2.45) is 0 Å². The minimum absolute atomic E-state index is 0.0263. The Morgan fingerprint density at radius 3 is 2.48 bits per heavy atom. The molecule has 0 aromatic heterocycles. The number of benzene rings is 4. The van der Waals surface area contributed by atoms with Crippen LogP contribution in [0.5, 0.6) is 5.75 Å². The number of anilines is 4. The third kappa shape index (κ3) is 6.38. The molecule has 4 aromatic carbocycles. The molecule has 6 amide bonds. The van der Waals surface area contributed by atoms with Crippen LogP contribution in [-0.2, 0) is 31.7 Å². The van der Waals surface area contributed by atoms with Gasteiger partial charge >= 0.3 is 0 Å². The van der Waals surface area contributed by atoms with Crippen molar-refractivity contribution in [3.63, 3.8) is 0 Å². The number of amides is 6. The second-order valence-corrected chi connectivity index (χ2v) is 13.9. The second-order valence-electron chi connectivity index (χ2n) is 13.1. The smallest absolute Gasteiger partial charge is 0.264 e. The van der Waals surface area contributed by atoms with Gasteiger partial charge in [-0.3, -0.25) is 39.0 Å². The summed E-state index contributed by atoms with van der Waals surface area (Å²) in [6, 6.07) is 17.4. The van der Waals surface area contributed by atoms with E-state index in [2.05, 4.69) is 16.0 Å². The van der Waals surface area contributed by atoms with Crippen LogP contribution in [0.4, 0.5) is 22.7 Å². The molecule has 4 aromatic rings. The van der Waals surface area contributed by atoms with Crippen molar-refractivity contribution < 1.29 is 41.9 Å². The number of ether oxygens (including phenoxy) is 1. The first-order valence-electron chi connectivity index (χ1n) is 17.3. The average molecular weight is 753 g/mol. The van der Waals surface area contributed by atoms with Crippen LogP contribution < -0.4 is 29.9 Å². The van der Waals surface area contributed by atoms with Crippen LogP contribution in [0.1, 0.15) is 62.3 Å². The summed E-state index contributed by atoms with van der Waals surface area (Å²) in [7, 11) is -0.0620. The van der Waals surface area contributed by atoms with Gasteiger partial charge in [0, 0.05) is 49.4 Å². The SMILES string of the molecule is COc1ccccc1N(c1ccc2c3c(cc(CCC(=O)NCCCNc4cccc5c4C(=O)N(C4CCC(=O)NC4=O)C5=O)cc13)C(=O)N2C)[SH](=O)=O. The molecule has 3 heterocycles. The summed E-state index contributed by atoms with van der Waals surface area (Å²) < 4.78 is 32.1. The molecule has 0 spiro atoms. The zero-order chi connectivity index (χ0) is 38.3. The summed E-state index contributed by atoms with van der Waals surface area (Å²) in [5.41, 5.74) is 3.15. The molecule has 3 aliphatic rings. The number of nitrogens with one attached hydrogen (secondary N) is 3. The molecular weight excluding hydrogens is 717 g/mol. The molecule has 1 atom stereocenters. The van der Waals surface area contributed by atoms with Gasteiger partial charge in [-0.25, -0.2) is 12.7 Å². The number of hydrogen-bond donors (Lipinski definition) is 4. The topological polar surface area (TPSA) is 192 Å². The molecule has 0 radical (unpaired) electrons. The Labute approximate surface area is 311 Å². The number of hydrogen-bond acceptors (Lipinski definition) is 10. The standard InChI is InChI=1S/C38H36N6O9S/c1-42-28-13-12-26(44(54(51)52)27-9-3-4-10-30(27)53-2)23-19-21(20-24(33(23)28)36(42)48)11-15-31(45)40-18-6-17-39-25-8-5-7-22-34(25)38(50)43(37(22)49)29-14-16-32(46)41-35(29)47/h3-5,7-10,12-13,19-20,29,39,54H,6,11,14-18H2,1-2H3,(H,40,45)(H,41,46,47). The van der Waals surface area contributed by atoms with Crippen LogP contribution in [0, 0.1) is 0 Å². The van der Waals surface area contributed by atoms with Gasteiger partial charge in [0.05, 0.1) is 40.9 Å². The molecule has 0 bridgehead atoms. The van der Waals surface area contributed by atoms with Crippen molar-refractivity contribution in [1.82, 2.24) is 15.5 Å². The summed E-state index contributed by atoms with van der Waals surface area (Å²) >= 11 is 0. The summed E-state index contributed by atoms with van der Waals surface area (Å²) in [5, 5.41) is 9.39. The highest BCUT2D eigenvalue weighted by Crippen LogP contribution is 2.45. The Hall–Kier alpha value is -6.29. The van der Waals surface area contributed by atoms with Crippen LogP contribution in [0.15, 0.2) is 66.7 Å². The quantitative estimate of drug-likeness (QED) is 0.0897. The van der Waals surface area contributed by atoms with E-state index in [9.17, 15) is 37.2 Å². The van der Waals surface area contributed by atoms with Crippen molar-refractivity contribution in [3.8, 4) is 5.75 Å². The minimum atomic E-state index is -3.17. The van der Waals surface area contributed by atoms with Crippen molar-refractivity contribution in [2.45, 2.75) is 38.1 Å². The van der Waals surface area contributed by atoms with E-state index in [0.29, 0.717) is 69.9 Å². The molecule has 3 N–H and O–H groups in total. The molecule has 15 nitrogen and oxygen atoms in total. The molecule has 0 aliphatic carbocycles. The minimum Gasteiger partial charge on any atom is -0.495 e. The number of methoxy groups -OCH3 is 1. The summed E-state index contributed by atoms with van der Waals surface area (Å²) in [6.45, 7) is 0.663. The highest BCUT2D eigenvalue weighted by Gasteiger charge is 2.45. The first-order chi connectivity index (χ1) is 26.0. The highest BCUT2D eigenvalue weighted by molar-refractivity contribution is 7.74. The van der Waals surface area contributed by atoms with E-state index in [4.69, 9.17) is 4.74 Å². The van der Waals surface area contributed by atoms with Crippen molar-refractivity contribution >= 4 is 79.9 Å². The zero-order valence-corrected chi connectivity index (χ0v) is 30.2. The molecule has 1 unspecified atom stereocenters. The fourth-order valence-corrected chi connectivity index (χ4v) is 7.93. The van der Waals surface area contributed by atoms with Crippen molar-refractivity contribution in [2.75, 3.05) is 41.8 Å². The van der Waals surface area contributed by atoms with E-state index >= 15 is 0 Å². The Kier molecular flexibility index (Phi) is 9.77. The number of piperidine rings is 1. The predicted octanol–water partition coefficient (Wildman–Crippen LogP) is 3.06. The second kappa shape index (κ2) is 14.6. The largest absolute Gasteiger partial charge is 0.495 e. The molecule has 16 heteroatoms. The number of rotatable bonds is 13. The number of aryl methyl sites for hydroxylation is 1. The first kappa shape index (κ1) is 36.1. The number of carbonyl (C=O) groups excluding carboxylic acids is 6. The Balaban J connectivity index is 0.999. The van der Waals surface area contributed by atoms with Crippen LogP contribution in [0.3, 0.4) is 0 Å². The lowest BCUT2D eigenvalue weighted by molar-refractivity contribution is -0.136. The van der Waals surface area contributed by atoms with E-state index < -0.39 is 40.6 Å². The number of thiol groups is 1. The van der Waals surface area contributed by atoms with Crippen LogP contribution in [-0.4, -0.2) is 82.0 Å². The fraction of sp³-hybridized carbons (Fsp3) is 0.263. The van der Waals surface area contributed by atoms with E-state index in [1.165, 1.54) is 18.1 Å². The lowest BCUT2D eigenvalue weighted by Gasteiger charge is -2.27. The molecule has 0 saturated carbocycles. The van der Waals surface area contributed by atoms with E-state index in [1.54, 1.807) is 61.6 Å². The molecule has 54 heavy (non-hydrogen) atoms. The summed E-state index contributed by atoms with van der Waals surface area (Å²) in [6.07, 6.45) is 0.945. The molecular formula is C38H36N6O9S. The third-order valence-corrected chi connectivity index (χ3v) is 10.6. The average Bonchev–Trinajstić information content (AvgIpc) is 3.56. The highest BCUT2D eigenvalue weighted by atomic mass is 32.2. The van der Waals surface area contributed by atoms with Gasteiger partial charge in [0.25, 0.3) is 17.7 Å². The van der Waals surface area contributed by atoms with Gasteiger partial charge in [-0.05, 0) is 73.4 Å². The lowest BCUT2D eigenvalue weighted by atomic mass is 9.97. The predicted molar refractivity (Wildman–Crippen MR) is 200 cm³/mol. The molecule has 1 saturated heterocycles. The van der Waals surface area contributed by atoms with E-state index in [0.717, 1.165) is 9.21 Å². The van der Waals surface area contributed by atoms with Gasteiger partial charge in [-0.1, -0.05) is 18.2 Å². The number of imide groups is 2. The molecule has 278 valence electrons. The lowest BCUT2D eigenvalue weighted by Crippen LogP contribution is -2.54. The van der Waals surface area contributed by atoms with Crippen LogP contribution in [0.25, 0.3) is 10.8 Å². The van der Waals surface area contributed by atoms with Gasteiger partial charge in [-0.2, -0.15) is 0 Å². The number of nitrogens with zero attached hydrogens (tertiary/aromatic N) is 3. The maximum atomic E-state index is 13.3. The Bertz CT molecular complexity index is 2350. The van der Waals surface area contributed by atoms with Gasteiger partial charge in [0.1, 0.15) is 11.8 Å². The van der Waals surface area contributed by atoms with Crippen LogP contribution >= 0.6 is 0 Å².